The monoisotopic (exact) mass is 275 g/mol. The van der Waals surface area contributed by atoms with Crippen LogP contribution in [0, 0.1) is 0 Å². The Morgan fingerprint density at radius 2 is 2.40 bits per heavy atom. The zero-order valence-corrected chi connectivity index (χ0v) is 11.3. The number of carbonyl (C=O) groups excluding carboxylic acids is 1. The van der Waals surface area contributed by atoms with E-state index >= 15 is 0 Å². The summed E-state index contributed by atoms with van der Waals surface area (Å²) in [5.41, 5.74) is 1.67. The Hall–Kier alpha value is -2.01. The smallest absolute Gasteiger partial charge is 0.341 e. The molecule has 0 amide bonds. The van der Waals surface area contributed by atoms with Crippen LogP contribution in [0.4, 0.5) is 0 Å². The van der Waals surface area contributed by atoms with Gasteiger partial charge in [-0.15, -0.1) is 0 Å². The van der Waals surface area contributed by atoms with Crippen molar-refractivity contribution in [1.29, 1.82) is 0 Å². The van der Waals surface area contributed by atoms with Crippen LogP contribution in [0.25, 0.3) is 0 Å². The number of fused-ring (bicyclic) bond motifs is 1. The van der Waals surface area contributed by atoms with Gasteiger partial charge in [-0.05, 0) is 25.0 Å². The van der Waals surface area contributed by atoms with Gasteiger partial charge in [0, 0.05) is 18.0 Å². The number of hydrogen-bond donors (Lipinski definition) is 1. The van der Waals surface area contributed by atoms with Gasteiger partial charge < -0.3 is 18.9 Å². The molecule has 106 valence electrons. The lowest BCUT2D eigenvalue weighted by Crippen LogP contribution is -2.23. The van der Waals surface area contributed by atoms with Crippen molar-refractivity contribution in [3.8, 4) is 0 Å². The van der Waals surface area contributed by atoms with Gasteiger partial charge >= 0.3 is 5.97 Å². The number of rotatable bonds is 4. The van der Waals surface area contributed by atoms with E-state index < -0.39 is 0 Å². The van der Waals surface area contributed by atoms with Gasteiger partial charge in [-0.3, -0.25) is 0 Å². The van der Waals surface area contributed by atoms with Crippen molar-refractivity contribution < 1.29 is 18.4 Å². The average molecular weight is 275 g/mol. The second kappa shape index (κ2) is 5.54. The molecule has 0 saturated carbocycles. The molecule has 0 bridgehead atoms. The fraction of sp³-hybridized carbons (Fsp3) is 0.400. The molecule has 5 heteroatoms. The summed E-state index contributed by atoms with van der Waals surface area (Å²) in [5, 5.41) is 3.44. The molecule has 2 aromatic rings. The number of carbonyl (C=O) groups is 1. The van der Waals surface area contributed by atoms with Gasteiger partial charge in [0.15, 0.2) is 0 Å². The molecule has 5 nitrogen and oxygen atoms in total. The van der Waals surface area contributed by atoms with Crippen LogP contribution >= 0.6 is 0 Å². The highest BCUT2D eigenvalue weighted by atomic mass is 16.5. The molecule has 3 rings (SSSR count). The number of hydrogen-bond acceptors (Lipinski definition) is 5. The van der Waals surface area contributed by atoms with E-state index in [9.17, 15) is 4.79 Å². The summed E-state index contributed by atoms with van der Waals surface area (Å²) in [6.45, 7) is 0.576. The molecule has 1 N–H and O–H groups in total. The topological polar surface area (TPSA) is 64.6 Å². The predicted octanol–water partition coefficient (Wildman–Crippen LogP) is 2.83. The largest absolute Gasteiger partial charge is 0.469 e. The summed E-state index contributed by atoms with van der Waals surface area (Å²) >= 11 is 0. The van der Waals surface area contributed by atoms with Gasteiger partial charge in [0.05, 0.1) is 25.5 Å². The zero-order chi connectivity index (χ0) is 13.9. The molecule has 2 heterocycles. The van der Waals surface area contributed by atoms with Gasteiger partial charge in [-0.25, -0.2) is 4.79 Å². The summed E-state index contributed by atoms with van der Waals surface area (Å²) in [5.74, 6) is 1.42. The number of aryl methyl sites for hydroxylation is 1. The number of methoxy groups -OCH3 is 1. The Bertz CT molecular complexity index is 599. The van der Waals surface area contributed by atoms with Crippen molar-refractivity contribution in [1.82, 2.24) is 5.32 Å². The SMILES string of the molecule is COC(=O)c1coc(CNC2CCCc3occc32)c1. The normalized spacial score (nSPS) is 17.8. The summed E-state index contributed by atoms with van der Waals surface area (Å²) in [6.07, 6.45) is 6.37. The van der Waals surface area contributed by atoms with E-state index in [0.29, 0.717) is 12.1 Å². The fourth-order valence-corrected chi connectivity index (χ4v) is 2.62. The molecule has 1 aliphatic carbocycles. The number of furan rings is 2. The fourth-order valence-electron chi connectivity index (χ4n) is 2.62. The molecule has 20 heavy (non-hydrogen) atoms. The highest BCUT2D eigenvalue weighted by Crippen LogP contribution is 2.30. The average Bonchev–Trinajstić information content (AvgIpc) is 3.13. The minimum absolute atomic E-state index is 0.282. The van der Waals surface area contributed by atoms with Crippen molar-refractivity contribution in [2.24, 2.45) is 0 Å². The third kappa shape index (κ3) is 2.49. The maximum atomic E-state index is 11.3. The maximum absolute atomic E-state index is 11.3. The van der Waals surface area contributed by atoms with Gasteiger partial charge in [0.1, 0.15) is 17.8 Å². The van der Waals surface area contributed by atoms with E-state index in [1.165, 1.54) is 18.9 Å². The Morgan fingerprint density at radius 1 is 1.50 bits per heavy atom. The molecule has 1 atom stereocenters. The van der Waals surface area contributed by atoms with Crippen LogP contribution in [0.15, 0.2) is 33.5 Å². The second-order valence-electron chi connectivity index (χ2n) is 4.92. The Morgan fingerprint density at radius 3 is 3.25 bits per heavy atom. The summed E-state index contributed by atoms with van der Waals surface area (Å²) < 4.78 is 15.5. The molecule has 0 spiro atoms. The first-order valence-corrected chi connectivity index (χ1v) is 6.73. The highest BCUT2D eigenvalue weighted by molar-refractivity contribution is 5.88. The summed E-state index contributed by atoms with van der Waals surface area (Å²) in [4.78, 5) is 11.3. The molecular formula is C15H17NO4. The van der Waals surface area contributed by atoms with Crippen LogP contribution in [0.1, 0.15) is 46.3 Å². The quantitative estimate of drug-likeness (QED) is 0.869. The van der Waals surface area contributed by atoms with Crippen LogP contribution in [0.2, 0.25) is 0 Å². The molecule has 1 unspecified atom stereocenters. The minimum Gasteiger partial charge on any atom is -0.469 e. The van der Waals surface area contributed by atoms with Crippen LogP contribution in [-0.4, -0.2) is 13.1 Å². The lowest BCUT2D eigenvalue weighted by Gasteiger charge is -2.22. The molecule has 0 fully saturated rings. The van der Waals surface area contributed by atoms with Crippen molar-refractivity contribution >= 4 is 5.97 Å². The van der Waals surface area contributed by atoms with E-state index in [-0.39, 0.29) is 12.0 Å². The van der Waals surface area contributed by atoms with Gasteiger partial charge in [0.2, 0.25) is 0 Å². The van der Waals surface area contributed by atoms with Crippen LogP contribution in [0.5, 0.6) is 0 Å². The molecule has 1 aliphatic rings. The molecular weight excluding hydrogens is 258 g/mol. The van der Waals surface area contributed by atoms with E-state index in [1.807, 2.05) is 6.07 Å². The Balaban J connectivity index is 1.63. The van der Waals surface area contributed by atoms with Crippen LogP contribution in [-0.2, 0) is 17.7 Å². The lowest BCUT2D eigenvalue weighted by molar-refractivity contribution is 0.0600. The van der Waals surface area contributed by atoms with Crippen LogP contribution < -0.4 is 5.32 Å². The number of ether oxygens (including phenoxy) is 1. The van der Waals surface area contributed by atoms with Crippen molar-refractivity contribution in [2.75, 3.05) is 7.11 Å². The van der Waals surface area contributed by atoms with E-state index in [0.717, 1.165) is 30.8 Å². The second-order valence-corrected chi connectivity index (χ2v) is 4.92. The number of esters is 1. The number of nitrogens with one attached hydrogen (secondary N) is 1. The first-order chi connectivity index (χ1) is 9.78. The predicted molar refractivity (Wildman–Crippen MR) is 71.3 cm³/mol. The summed E-state index contributed by atoms with van der Waals surface area (Å²) in [7, 11) is 1.36. The van der Waals surface area contributed by atoms with E-state index in [4.69, 9.17) is 8.83 Å². The summed E-state index contributed by atoms with van der Waals surface area (Å²) in [6, 6.07) is 4.01. The van der Waals surface area contributed by atoms with Gasteiger partial charge in [-0.2, -0.15) is 0 Å². The van der Waals surface area contributed by atoms with Gasteiger partial charge in [0.25, 0.3) is 0 Å². The molecule has 0 aromatic carbocycles. The minimum atomic E-state index is -0.380. The van der Waals surface area contributed by atoms with Gasteiger partial charge in [-0.1, -0.05) is 0 Å². The zero-order valence-electron chi connectivity index (χ0n) is 11.3. The molecule has 0 aliphatic heterocycles. The maximum Gasteiger partial charge on any atom is 0.341 e. The first-order valence-electron chi connectivity index (χ1n) is 6.73. The third-order valence-electron chi connectivity index (χ3n) is 3.65. The Kier molecular flexibility index (Phi) is 3.60. The van der Waals surface area contributed by atoms with Crippen molar-refractivity contribution in [2.45, 2.75) is 31.8 Å². The third-order valence-corrected chi connectivity index (χ3v) is 3.65. The molecule has 0 radical (unpaired) electrons. The Labute approximate surface area is 116 Å². The molecule has 0 saturated heterocycles. The van der Waals surface area contributed by atoms with E-state index in [2.05, 4.69) is 10.1 Å². The molecule has 2 aromatic heterocycles. The van der Waals surface area contributed by atoms with E-state index in [1.54, 1.807) is 12.3 Å². The highest BCUT2D eigenvalue weighted by Gasteiger charge is 2.22. The first kappa shape index (κ1) is 13.0. The van der Waals surface area contributed by atoms with Crippen LogP contribution in [0.3, 0.4) is 0 Å². The lowest BCUT2D eigenvalue weighted by atomic mass is 9.93. The van der Waals surface area contributed by atoms with Crippen molar-refractivity contribution in [3.05, 3.63) is 47.3 Å². The standard InChI is InChI=1S/C15H17NO4/c1-18-15(17)10-7-11(20-9-10)8-16-13-3-2-4-14-12(13)5-6-19-14/h5-7,9,13,16H,2-4,8H2,1H3. The van der Waals surface area contributed by atoms with Crippen molar-refractivity contribution in [3.63, 3.8) is 0 Å².